The molecule has 6 nitrogen and oxygen atoms in total. The summed E-state index contributed by atoms with van der Waals surface area (Å²) < 4.78 is 26.2. The number of carboxylic acid groups (broad SMARTS) is 1. The van der Waals surface area contributed by atoms with Crippen LogP contribution in [0.25, 0.3) is 11.1 Å². The molecule has 2 N–H and O–H groups in total. The zero-order valence-corrected chi connectivity index (χ0v) is 19.6. The van der Waals surface area contributed by atoms with Gasteiger partial charge in [0.15, 0.2) is 0 Å². The molecule has 3 aromatic rings. The van der Waals surface area contributed by atoms with Gasteiger partial charge in [0.1, 0.15) is 17.7 Å². The molecule has 0 saturated heterocycles. The number of aromatic nitrogens is 1. The summed E-state index contributed by atoms with van der Waals surface area (Å²) in [5, 5.41) is 12.4. The predicted molar refractivity (Wildman–Crippen MR) is 128 cm³/mol. The molecule has 0 saturated carbocycles. The largest absolute Gasteiger partial charge is 0.485 e. The molecule has 1 aliphatic rings. The first kappa shape index (κ1) is 23.7. The highest BCUT2D eigenvalue weighted by atomic mass is 19.1. The van der Waals surface area contributed by atoms with Crippen LogP contribution in [0.1, 0.15) is 41.7 Å². The third kappa shape index (κ3) is 5.04. The Morgan fingerprint density at radius 3 is 2.82 bits per heavy atom. The van der Waals surface area contributed by atoms with E-state index in [-0.39, 0.29) is 6.10 Å². The average molecular weight is 465 g/mol. The second-order valence-electron chi connectivity index (χ2n) is 8.68. The molecule has 0 bridgehead atoms. The number of carboxylic acids is 1. The highest BCUT2D eigenvalue weighted by molar-refractivity contribution is 5.70. The zero-order chi connectivity index (χ0) is 24.2. The van der Waals surface area contributed by atoms with E-state index in [0.717, 1.165) is 46.4 Å². The average Bonchev–Trinajstić information content (AvgIpc) is 2.84. The fraction of sp³-hybridized carbons (Fsp3) is 0.333. The minimum Gasteiger partial charge on any atom is -0.485 e. The van der Waals surface area contributed by atoms with Gasteiger partial charge in [0.25, 0.3) is 0 Å². The van der Waals surface area contributed by atoms with Gasteiger partial charge < -0.3 is 19.9 Å². The third-order valence-corrected chi connectivity index (χ3v) is 6.24. The van der Waals surface area contributed by atoms with E-state index in [1.54, 1.807) is 13.0 Å². The summed E-state index contributed by atoms with van der Waals surface area (Å²) in [6.45, 7) is 2.27. The molecule has 0 fully saturated rings. The smallest absolute Gasteiger partial charge is 0.306 e. The number of hydrogen-bond donors (Lipinski definition) is 2. The van der Waals surface area contributed by atoms with Crippen LogP contribution in [0.2, 0.25) is 0 Å². The Balaban J connectivity index is 1.62. The van der Waals surface area contributed by atoms with Gasteiger partial charge in [-0.3, -0.25) is 4.79 Å². The first-order valence-corrected chi connectivity index (χ1v) is 11.4. The minimum atomic E-state index is -0.808. The number of halogens is 1. The van der Waals surface area contributed by atoms with Crippen LogP contribution < -0.4 is 14.8 Å². The van der Waals surface area contributed by atoms with Gasteiger partial charge in [-0.1, -0.05) is 37.3 Å². The Bertz CT molecular complexity index is 1200. The number of ether oxygens (including phenoxy) is 2. The molecule has 34 heavy (non-hydrogen) atoms. The maximum Gasteiger partial charge on any atom is 0.306 e. The maximum absolute atomic E-state index is 14.6. The quantitative estimate of drug-likeness (QED) is 0.491. The maximum atomic E-state index is 14.6. The Morgan fingerprint density at radius 2 is 2.09 bits per heavy atom. The van der Waals surface area contributed by atoms with Crippen LogP contribution in [0.4, 0.5) is 4.39 Å². The highest BCUT2D eigenvalue weighted by Gasteiger charge is 2.24. The van der Waals surface area contributed by atoms with Crippen molar-refractivity contribution in [3.63, 3.8) is 0 Å². The van der Waals surface area contributed by atoms with Gasteiger partial charge in [-0.15, -0.1) is 0 Å². The highest BCUT2D eigenvalue weighted by Crippen LogP contribution is 2.38. The summed E-state index contributed by atoms with van der Waals surface area (Å²) in [7, 11) is 3.36. The van der Waals surface area contributed by atoms with Crippen molar-refractivity contribution in [2.24, 2.45) is 5.92 Å². The summed E-state index contributed by atoms with van der Waals surface area (Å²) in [5.74, 6) is -0.512. The molecule has 0 radical (unpaired) electrons. The molecule has 4 rings (SSSR count). The fourth-order valence-corrected chi connectivity index (χ4v) is 4.37. The first-order chi connectivity index (χ1) is 16.4. The molecule has 0 spiro atoms. The van der Waals surface area contributed by atoms with Crippen molar-refractivity contribution in [3.8, 4) is 22.8 Å². The Labute approximate surface area is 198 Å². The van der Waals surface area contributed by atoms with Gasteiger partial charge in [0.05, 0.1) is 19.2 Å². The molecule has 0 aliphatic carbocycles. The van der Waals surface area contributed by atoms with Gasteiger partial charge >= 0.3 is 5.97 Å². The van der Waals surface area contributed by atoms with Crippen LogP contribution in [0.3, 0.4) is 0 Å². The van der Waals surface area contributed by atoms with Crippen molar-refractivity contribution in [1.82, 2.24) is 10.3 Å². The number of benzene rings is 2. The first-order valence-electron chi connectivity index (χ1n) is 11.4. The molecule has 7 heteroatoms. The number of aliphatic carboxylic acids is 1. The second kappa shape index (κ2) is 10.2. The van der Waals surface area contributed by atoms with Crippen LogP contribution in [0.15, 0.2) is 48.7 Å². The fourth-order valence-electron chi connectivity index (χ4n) is 4.37. The predicted octanol–water partition coefficient (Wildman–Crippen LogP) is 4.95. The molecule has 1 aromatic heterocycles. The number of pyridine rings is 1. The van der Waals surface area contributed by atoms with Gasteiger partial charge in [0.2, 0.25) is 5.88 Å². The van der Waals surface area contributed by atoms with Crippen molar-refractivity contribution < 1.29 is 23.8 Å². The summed E-state index contributed by atoms with van der Waals surface area (Å²) in [6.07, 6.45) is 3.19. The van der Waals surface area contributed by atoms with Crippen LogP contribution in [0, 0.1) is 11.7 Å². The monoisotopic (exact) mass is 464 g/mol. The number of hydrogen-bond acceptors (Lipinski definition) is 5. The van der Waals surface area contributed by atoms with E-state index < -0.39 is 17.7 Å². The third-order valence-electron chi connectivity index (χ3n) is 6.24. The molecule has 2 heterocycles. The van der Waals surface area contributed by atoms with Crippen molar-refractivity contribution in [1.29, 1.82) is 0 Å². The van der Waals surface area contributed by atoms with Gasteiger partial charge in [-0.25, -0.2) is 9.37 Å². The number of methoxy groups -OCH3 is 1. The molecule has 2 atom stereocenters. The Hall–Kier alpha value is -3.45. The number of fused-ring (bicyclic) bond motifs is 1. The lowest BCUT2D eigenvalue weighted by Gasteiger charge is -2.28. The number of carbonyl (C=O) groups is 1. The van der Waals surface area contributed by atoms with Crippen LogP contribution in [0.5, 0.6) is 11.6 Å². The van der Waals surface area contributed by atoms with E-state index in [1.807, 2.05) is 37.4 Å². The molecular formula is C27H29FN2O4. The summed E-state index contributed by atoms with van der Waals surface area (Å²) >= 11 is 0. The normalized spacial score (nSPS) is 15.8. The second-order valence-corrected chi connectivity index (χ2v) is 8.68. The summed E-state index contributed by atoms with van der Waals surface area (Å²) in [5.41, 5.74) is 5.26. The minimum absolute atomic E-state index is 0.138. The molecule has 1 aliphatic heterocycles. The van der Waals surface area contributed by atoms with Gasteiger partial charge in [0, 0.05) is 18.2 Å². The number of nitrogens with one attached hydrogen (secondary N) is 1. The number of rotatable bonds is 8. The molecule has 2 aromatic carbocycles. The van der Waals surface area contributed by atoms with Crippen LogP contribution in [-0.2, 0) is 24.2 Å². The van der Waals surface area contributed by atoms with E-state index in [2.05, 4.69) is 16.4 Å². The van der Waals surface area contributed by atoms with Crippen LogP contribution >= 0.6 is 0 Å². The van der Waals surface area contributed by atoms with Crippen molar-refractivity contribution >= 4 is 5.97 Å². The van der Waals surface area contributed by atoms with E-state index in [9.17, 15) is 14.3 Å². The van der Waals surface area contributed by atoms with E-state index >= 15 is 0 Å². The molecule has 2 unspecified atom stereocenters. The summed E-state index contributed by atoms with van der Waals surface area (Å²) in [6, 6.07) is 13.5. The van der Waals surface area contributed by atoms with Crippen molar-refractivity contribution in [2.45, 2.75) is 38.8 Å². The van der Waals surface area contributed by atoms with E-state index in [0.29, 0.717) is 24.4 Å². The topological polar surface area (TPSA) is 80.7 Å². The van der Waals surface area contributed by atoms with Gasteiger partial charge in [-0.05, 0) is 60.2 Å². The summed E-state index contributed by atoms with van der Waals surface area (Å²) in [4.78, 5) is 15.2. The number of nitrogens with zero attached hydrogens (tertiary/aromatic N) is 1. The van der Waals surface area contributed by atoms with Crippen molar-refractivity contribution in [2.75, 3.05) is 14.2 Å². The van der Waals surface area contributed by atoms with E-state index in [1.165, 1.54) is 13.3 Å². The number of aryl methyl sites for hydroxylation is 1. The molecule has 178 valence electrons. The van der Waals surface area contributed by atoms with E-state index in [4.69, 9.17) is 9.47 Å². The zero-order valence-electron chi connectivity index (χ0n) is 19.6. The standard InChI is InChI=1S/C27H29FN2O4/c1-16(27(31)32)10-17-4-5-18-7-9-24(34-25(18)11-17)19-6-8-21(20(12-19)14-29-2)22-13-26(33-3)30-15-23(22)28/h4-6,8,11-13,15-16,24,29H,7,9-10,14H2,1-3H3,(H,31,32). The van der Waals surface area contributed by atoms with Gasteiger partial charge in [-0.2, -0.15) is 0 Å². The molecule has 0 amide bonds. The SMILES string of the molecule is CNCc1cc(C2CCc3ccc(CC(C)C(=O)O)cc3O2)ccc1-c1cc(OC)ncc1F. The Morgan fingerprint density at radius 1 is 1.26 bits per heavy atom. The van der Waals surface area contributed by atoms with Crippen molar-refractivity contribution in [3.05, 3.63) is 76.7 Å². The van der Waals surface area contributed by atoms with Crippen LogP contribution in [-0.4, -0.2) is 30.2 Å². The lowest BCUT2D eigenvalue weighted by atomic mass is 9.91. The Kier molecular flexibility index (Phi) is 7.12. The lowest BCUT2D eigenvalue weighted by molar-refractivity contribution is -0.141. The lowest BCUT2D eigenvalue weighted by Crippen LogP contribution is -2.17. The molecular weight excluding hydrogens is 435 g/mol.